The van der Waals surface area contributed by atoms with Gasteiger partial charge in [-0.25, -0.2) is 9.97 Å². The van der Waals surface area contributed by atoms with Gasteiger partial charge in [-0.05, 0) is 6.92 Å². The molecular formula is C12H13N5O3. The minimum absolute atomic E-state index is 0.0255. The van der Waals surface area contributed by atoms with Crippen molar-refractivity contribution in [3.8, 4) is 11.5 Å². The Morgan fingerprint density at radius 1 is 1.45 bits per heavy atom. The van der Waals surface area contributed by atoms with Crippen molar-refractivity contribution in [2.24, 2.45) is 0 Å². The first-order valence-electron chi connectivity index (χ1n) is 5.92. The molecule has 0 radical (unpaired) electrons. The van der Waals surface area contributed by atoms with Gasteiger partial charge in [-0.2, -0.15) is 0 Å². The van der Waals surface area contributed by atoms with Crippen molar-refractivity contribution in [2.45, 2.75) is 13.3 Å². The first-order valence-corrected chi connectivity index (χ1v) is 5.92. The number of aromatic nitrogens is 4. The molecule has 0 bridgehead atoms. The van der Waals surface area contributed by atoms with E-state index in [9.17, 15) is 9.59 Å². The van der Waals surface area contributed by atoms with E-state index in [1.165, 1.54) is 18.6 Å². The molecule has 0 aliphatic heterocycles. The number of rotatable bonds is 4. The fourth-order valence-corrected chi connectivity index (χ4v) is 1.59. The summed E-state index contributed by atoms with van der Waals surface area (Å²) in [7, 11) is 0. The zero-order valence-corrected chi connectivity index (χ0v) is 10.8. The van der Waals surface area contributed by atoms with Crippen LogP contribution in [0, 0.1) is 0 Å². The quantitative estimate of drug-likeness (QED) is 0.747. The van der Waals surface area contributed by atoms with Crippen LogP contribution in [0.15, 0.2) is 23.4 Å². The van der Waals surface area contributed by atoms with E-state index in [2.05, 4.69) is 19.9 Å². The number of ether oxygens (including phenoxy) is 1. The maximum Gasteiger partial charge on any atom is 0.310 e. The van der Waals surface area contributed by atoms with E-state index in [0.717, 1.165) is 0 Å². The van der Waals surface area contributed by atoms with Gasteiger partial charge in [-0.15, -0.1) is 0 Å². The Balaban J connectivity index is 2.35. The molecule has 0 spiro atoms. The van der Waals surface area contributed by atoms with Crippen molar-refractivity contribution >= 4 is 11.8 Å². The number of nitrogen functional groups attached to an aromatic ring is 1. The van der Waals surface area contributed by atoms with Crippen molar-refractivity contribution in [1.29, 1.82) is 0 Å². The van der Waals surface area contributed by atoms with Crippen LogP contribution in [0.2, 0.25) is 0 Å². The van der Waals surface area contributed by atoms with Gasteiger partial charge in [0.1, 0.15) is 11.5 Å². The van der Waals surface area contributed by atoms with Gasteiger partial charge in [0.25, 0.3) is 5.56 Å². The summed E-state index contributed by atoms with van der Waals surface area (Å²) < 4.78 is 4.77. The van der Waals surface area contributed by atoms with Gasteiger partial charge in [-0.3, -0.25) is 14.6 Å². The summed E-state index contributed by atoms with van der Waals surface area (Å²) in [5, 5.41) is 0. The molecule has 3 N–H and O–H groups in total. The second-order valence-corrected chi connectivity index (χ2v) is 3.85. The van der Waals surface area contributed by atoms with Gasteiger partial charge in [0.15, 0.2) is 5.82 Å². The van der Waals surface area contributed by atoms with Gasteiger partial charge < -0.3 is 15.5 Å². The lowest BCUT2D eigenvalue weighted by atomic mass is 10.2. The number of anilines is 1. The SMILES string of the molecule is CCOC(=O)Cc1c(N)nc(-c2cnccn2)[nH]c1=O. The van der Waals surface area contributed by atoms with Crippen molar-refractivity contribution < 1.29 is 9.53 Å². The monoisotopic (exact) mass is 275 g/mol. The lowest BCUT2D eigenvalue weighted by Crippen LogP contribution is -2.22. The van der Waals surface area contributed by atoms with E-state index in [1.54, 1.807) is 6.92 Å². The molecular weight excluding hydrogens is 262 g/mol. The Labute approximate surface area is 114 Å². The second-order valence-electron chi connectivity index (χ2n) is 3.85. The van der Waals surface area contributed by atoms with Crippen LogP contribution in [0.5, 0.6) is 0 Å². The van der Waals surface area contributed by atoms with E-state index in [1.807, 2.05) is 0 Å². The summed E-state index contributed by atoms with van der Waals surface area (Å²) in [5.74, 6) is -0.352. The minimum atomic E-state index is -0.529. The number of nitrogens with one attached hydrogen (secondary N) is 1. The summed E-state index contributed by atoms with van der Waals surface area (Å²) in [6.45, 7) is 1.92. The maximum absolute atomic E-state index is 11.9. The van der Waals surface area contributed by atoms with E-state index < -0.39 is 11.5 Å². The van der Waals surface area contributed by atoms with Crippen molar-refractivity contribution in [3.05, 3.63) is 34.5 Å². The summed E-state index contributed by atoms with van der Waals surface area (Å²) in [6, 6.07) is 0. The van der Waals surface area contributed by atoms with Crippen molar-refractivity contribution in [2.75, 3.05) is 12.3 Å². The summed E-state index contributed by atoms with van der Waals surface area (Å²) in [4.78, 5) is 37.8. The highest BCUT2D eigenvalue weighted by Crippen LogP contribution is 2.12. The molecule has 0 unspecified atom stereocenters. The Morgan fingerprint density at radius 3 is 2.85 bits per heavy atom. The number of carbonyl (C=O) groups is 1. The van der Waals surface area contributed by atoms with Gasteiger partial charge in [0.2, 0.25) is 0 Å². The molecule has 8 nitrogen and oxygen atoms in total. The first-order chi connectivity index (χ1) is 9.61. The molecule has 0 atom stereocenters. The zero-order valence-electron chi connectivity index (χ0n) is 10.8. The van der Waals surface area contributed by atoms with Gasteiger partial charge in [0.05, 0.1) is 24.8 Å². The Hall–Kier alpha value is -2.77. The Bertz CT molecular complexity index is 669. The largest absolute Gasteiger partial charge is 0.466 e. The lowest BCUT2D eigenvalue weighted by Gasteiger charge is -2.06. The third kappa shape index (κ3) is 2.97. The highest BCUT2D eigenvalue weighted by atomic mass is 16.5. The fraction of sp³-hybridized carbons (Fsp3) is 0.250. The molecule has 0 amide bonds. The van der Waals surface area contributed by atoms with Crippen LogP contribution in [0.3, 0.4) is 0 Å². The number of carbonyl (C=O) groups excluding carboxylic acids is 1. The third-order valence-electron chi connectivity index (χ3n) is 2.48. The highest BCUT2D eigenvalue weighted by molar-refractivity contribution is 5.74. The van der Waals surface area contributed by atoms with Crippen LogP contribution in [0.25, 0.3) is 11.5 Å². The van der Waals surface area contributed by atoms with E-state index in [0.29, 0.717) is 5.69 Å². The van der Waals surface area contributed by atoms with Crippen LogP contribution in [0.1, 0.15) is 12.5 Å². The summed E-state index contributed by atoms with van der Waals surface area (Å²) >= 11 is 0. The molecule has 20 heavy (non-hydrogen) atoms. The molecule has 104 valence electrons. The van der Waals surface area contributed by atoms with E-state index in [-0.39, 0.29) is 30.2 Å². The standard InChI is InChI=1S/C12H13N5O3/c1-2-20-9(18)5-7-10(13)16-11(17-12(7)19)8-6-14-3-4-15-8/h3-4,6H,2,5H2,1H3,(H3,13,16,17,19). The maximum atomic E-state index is 11.9. The molecule has 0 aliphatic rings. The highest BCUT2D eigenvalue weighted by Gasteiger charge is 2.15. The molecule has 8 heteroatoms. The van der Waals surface area contributed by atoms with Crippen LogP contribution >= 0.6 is 0 Å². The molecule has 0 aromatic carbocycles. The molecule has 0 aliphatic carbocycles. The normalized spacial score (nSPS) is 10.2. The molecule has 2 aromatic rings. The molecule has 2 aromatic heterocycles. The molecule has 0 saturated heterocycles. The van der Waals surface area contributed by atoms with Crippen LogP contribution in [0.4, 0.5) is 5.82 Å². The van der Waals surface area contributed by atoms with Crippen LogP contribution < -0.4 is 11.3 Å². The second kappa shape index (κ2) is 5.91. The number of H-pyrrole nitrogens is 1. The number of nitrogens with zero attached hydrogens (tertiary/aromatic N) is 3. The van der Waals surface area contributed by atoms with Crippen LogP contribution in [-0.2, 0) is 16.0 Å². The van der Waals surface area contributed by atoms with Crippen molar-refractivity contribution in [1.82, 2.24) is 19.9 Å². The number of hydrogen-bond donors (Lipinski definition) is 2. The molecule has 0 fully saturated rings. The number of hydrogen-bond acceptors (Lipinski definition) is 7. The molecule has 2 heterocycles. The third-order valence-corrected chi connectivity index (χ3v) is 2.48. The Kier molecular flexibility index (Phi) is 4.04. The molecule has 2 rings (SSSR count). The first kappa shape index (κ1) is 13.7. The fourth-order valence-electron chi connectivity index (χ4n) is 1.59. The number of nitrogens with two attached hydrogens (primary N) is 1. The Morgan fingerprint density at radius 2 is 2.25 bits per heavy atom. The van der Waals surface area contributed by atoms with E-state index >= 15 is 0 Å². The smallest absolute Gasteiger partial charge is 0.310 e. The van der Waals surface area contributed by atoms with Crippen molar-refractivity contribution in [3.63, 3.8) is 0 Å². The van der Waals surface area contributed by atoms with Crippen LogP contribution in [-0.4, -0.2) is 32.5 Å². The number of aromatic amines is 1. The van der Waals surface area contributed by atoms with E-state index in [4.69, 9.17) is 10.5 Å². The van der Waals surface area contributed by atoms with Gasteiger partial charge >= 0.3 is 5.97 Å². The summed E-state index contributed by atoms with van der Waals surface area (Å²) in [5.41, 5.74) is 5.69. The zero-order chi connectivity index (χ0) is 14.5. The predicted octanol–water partition coefficient (Wildman–Crippen LogP) is -0.0853. The predicted molar refractivity (Wildman–Crippen MR) is 70.6 cm³/mol. The topological polar surface area (TPSA) is 124 Å². The summed E-state index contributed by atoms with van der Waals surface area (Å²) in [6.07, 6.45) is 4.20. The minimum Gasteiger partial charge on any atom is -0.466 e. The van der Waals surface area contributed by atoms with Gasteiger partial charge in [0, 0.05) is 12.4 Å². The lowest BCUT2D eigenvalue weighted by molar-refractivity contribution is -0.142. The number of esters is 1. The average molecular weight is 275 g/mol. The molecule has 0 saturated carbocycles. The van der Waals surface area contributed by atoms with Gasteiger partial charge in [-0.1, -0.05) is 0 Å². The average Bonchev–Trinajstić information content (AvgIpc) is 2.44.